The van der Waals surface area contributed by atoms with Crippen LogP contribution in [0.15, 0.2) is 24.3 Å². The number of rotatable bonds is 4. The molecule has 1 saturated heterocycles. The van der Waals surface area contributed by atoms with Gasteiger partial charge in [0.1, 0.15) is 12.3 Å². The number of benzene rings is 1. The van der Waals surface area contributed by atoms with Crippen molar-refractivity contribution in [3.05, 3.63) is 24.3 Å². The first kappa shape index (κ1) is 16.1. The predicted octanol–water partition coefficient (Wildman–Crippen LogP) is 2.04. The number of alkyl halides is 3. The predicted molar refractivity (Wildman–Crippen MR) is 72.4 cm³/mol. The van der Waals surface area contributed by atoms with Gasteiger partial charge in [-0.3, -0.25) is 9.59 Å². The quantitative estimate of drug-likeness (QED) is 0.925. The van der Waals surface area contributed by atoms with Gasteiger partial charge in [-0.15, -0.1) is 0 Å². The van der Waals surface area contributed by atoms with Crippen LogP contribution in [0, 0.1) is 5.92 Å². The number of hydrogen-bond acceptors (Lipinski definition) is 3. The number of halogens is 3. The summed E-state index contributed by atoms with van der Waals surface area (Å²) in [5.74, 6) is -1.54. The van der Waals surface area contributed by atoms with Crippen LogP contribution < -0.4 is 10.1 Å². The van der Waals surface area contributed by atoms with Crippen LogP contribution >= 0.6 is 0 Å². The van der Waals surface area contributed by atoms with Crippen molar-refractivity contribution in [3.8, 4) is 5.75 Å². The molecule has 0 aromatic heterocycles. The first-order valence-electron chi connectivity index (χ1n) is 6.58. The van der Waals surface area contributed by atoms with Gasteiger partial charge in [0.15, 0.2) is 0 Å². The van der Waals surface area contributed by atoms with Crippen LogP contribution in [0.3, 0.4) is 0 Å². The van der Waals surface area contributed by atoms with Crippen molar-refractivity contribution in [2.75, 3.05) is 25.5 Å². The Morgan fingerprint density at radius 1 is 1.41 bits per heavy atom. The van der Waals surface area contributed by atoms with E-state index < -0.39 is 30.5 Å². The molecule has 1 aliphatic rings. The Balaban J connectivity index is 2.01. The molecule has 1 aliphatic heterocycles. The van der Waals surface area contributed by atoms with Crippen LogP contribution in [-0.2, 0) is 9.59 Å². The molecule has 0 spiro atoms. The highest BCUT2D eigenvalue weighted by molar-refractivity contribution is 5.98. The number of methoxy groups -OCH3 is 1. The van der Waals surface area contributed by atoms with Gasteiger partial charge in [-0.1, -0.05) is 12.1 Å². The second kappa shape index (κ2) is 6.25. The van der Waals surface area contributed by atoms with Crippen molar-refractivity contribution < 1.29 is 27.5 Å². The molecule has 0 bridgehead atoms. The number of nitrogens with zero attached hydrogens (tertiary/aromatic N) is 1. The molecule has 2 amide bonds. The van der Waals surface area contributed by atoms with Crippen molar-refractivity contribution in [2.24, 2.45) is 5.92 Å². The summed E-state index contributed by atoms with van der Waals surface area (Å²) in [6, 6.07) is 6.67. The molecule has 0 saturated carbocycles. The lowest BCUT2D eigenvalue weighted by molar-refractivity contribution is -0.157. The number of likely N-dealkylation sites (tertiary alicyclic amines) is 1. The Morgan fingerprint density at radius 2 is 2.09 bits per heavy atom. The van der Waals surface area contributed by atoms with E-state index in [9.17, 15) is 22.8 Å². The van der Waals surface area contributed by atoms with Gasteiger partial charge < -0.3 is 15.0 Å². The summed E-state index contributed by atoms with van der Waals surface area (Å²) in [6.07, 6.45) is -4.69. The molecule has 1 fully saturated rings. The Kier molecular flexibility index (Phi) is 4.58. The topological polar surface area (TPSA) is 58.6 Å². The van der Waals surface area contributed by atoms with E-state index in [1.54, 1.807) is 24.3 Å². The number of carbonyl (C=O) groups excluding carboxylic acids is 2. The highest BCUT2D eigenvalue weighted by atomic mass is 19.4. The van der Waals surface area contributed by atoms with Gasteiger partial charge in [0.2, 0.25) is 11.8 Å². The fraction of sp³-hybridized carbons (Fsp3) is 0.429. The number of para-hydroxylation sites is 2. The van der Waals surface area contributed by atoms with Crippen LogP contribution in [-0.4, -0.2) is 43.1 Å². The Bertz CT molecular complexity index is 575. The number of hydrogen-bond donors (Lipinski definition) is 1. The standard InChI is InChI=1S/C14H15F3N2O3/c1-22-11-5-3-2-4-10(11)18-13(21)9-6-12(20)19(7-9)8-14(15,16)17/h2-5,9H,6-8H2,1H3,(H,18,21)/t9-/m0/s1. The van der Waals surface area contributed by atoms with Gasteiger partial charge >= 0.3 is 6.18 Å². The maximum Gasteiger partial charge on any atom is 0.406 e. The third-order valence-electron chi connectivity index (χ3n) is 3.32. The van der Waals surface area contributed by atoms with Crippen LogP contribution in [0.5, 0.6) is 5.75 Å². The maximum atomic E-state index is 12.3. The largest absolute Gasteiger partial charge is 0.495 e. The van der Waals surface area contributed by atoms with Crippen LogP contribution in [0.4, 0.5) is 18.9 Å². The number of carbonyl (C=O) groups is 2. The molecule has 0 aliphatic carbocycles. The summed E-state index contributed by atoms with van der Waals surface area (Å²) in [7, 11) is 1.44. The fourth-order valence-corrected chi connectivity index (χ4v) is 2.30. The molecule has 1 heterocycles. The number of nitrogens with one attached hydrogen (secondary N) is 1. The molecule has 1 aromatic carbocycles. The van der Waals surface area contributed by atoms with Gasteiger partial charge in [-0.05, 0) is 12.1 Å². The van der Waals surface area contributed by atoms with Gasteiger partial charge in [-0.2, -0.15) is 13.2 Å². The average Bonchev–Trinajstić information content (AvgIpc) is 2.79. The molecule has 5 nitrogen and oxygen atoms in total. The minimum absolute atomic E-state index is 0.225. The summed E-state index contributed by atoms with van der Waals surface area (Å²) < 4.78 is 42.1. The van der Waals surface area contributed by atoms with E-state index in [0.717, 1.165) is 0 Å². The highest BCUT2D eigenvalue weighted by Gasteiger charge is 2.40. The molecule has 1 N–H and O–H groups in total. The Labute approximate surface area is 125 Å². The van der Waals surface area contributed by atoms with Crippen LogP contribution in [0.1, 0.15) is 6.42 Å². The second-order valence-electron chi connectivity index (χ2n) is 4.98. The lowest BCUT2D eigenvalue weighted by Crippen LogP contribution is -2.36. The molecule has 0 unspecified atom stereocenters. The zero-order valence-corrected chi connectivity index (χ0v) is 11.8. The van der Waals surface area contributed by atoms with E-state index in [2.05, 4.69) is 5.32 Å². The van der Waals surface area contributed by atoms with Gasteiger partial charge in [-0.25, -0.2) is 0 Å². The minimum atomic E-state index is -4.47. The molecule has 0 radical (unpaired) electrons. The number of ether oxygens (including phenoxy) is 1. The summed E-state index contributed by atoms with van der Waals surface area (Å²) in [4.78, 5) is 24.3. The third kappa shape index (κ3) is 3.90. The van der Waals surface area contributed by atoms with Crippen molar-refractivity contribution >= 4 is 17.5 Å². The first-order chi connectivity index (χ1) is 10.3. The highest BCUT2D eigenvalue weighted by Crippen LogP contribution is 2.27. The molecule has 1 atom stereocenters. The zero-order chi connectivity index (χ0) is 16.3. The number of amides is 2. The van der Waals surface area contributed by atoms with Gasteiger partial charge in [0.05, 0.1) is 18.7 Å². The van der Waals surface area contributed by atoms with E-state index in [0.29, 0.717) is 16.3 Å². The zero-order valence-electron chi connectivity index (χ0n) is 11.8. The van der Waals surface area contributed by atoms with E-state index >= 15 is 0 Å². The molecule has 22 heavy (non-hydrogen) atoms. The third-order valence-corrected chi connectivity index (χ3v) is 3.32. The molecular weight excluding hydrogens is 301 g/mol. The van der Waals surface area contributed by atoms with E-state index in [-0.39, 0.29) is 13.0 Å². The molecular formula is C14H15F3N2O3. The smallest absolute Gasteiger partial charge is 0.406 e. The minimum Gasteiger partial charge on any atom is -0.495 e. The Morgan fingerprint density at radius 3 is 2.73 bits per heavy atom. The summed E-state index contributed by atoms with van der Waals surface area (Å²) in [5, 5.41) is 2.58. The fourth-order valence-electron chi connectivity index (χ4n) is 2.30. The van der Waals surface area contributed by atoms with Crippen LogP contribution in [0.2, 0.25) is 0 Å². The molecule has 1 aromatic rings. The SMILES string of the molecule is COc1ccccc1NC(=O)[C@H]1CC(=O)N(CC(F)(F)F)C1. The van der Waals surface area contributed by atoms with Crippen molar-refractivity contribution in [1.82, 2.24) is 4.90 Å². The lowest BCUT2D eigenvalue weighted by atomic mass is 10.1. The molecule has 120 valence electrons. The Hall–Kier alpha value is -2.25. The van der Waals surface area contributed by atoms with Crippen molar-refractivity contribution in [2.45, 2.75) is 12.6 Å². The maximum absolute atomic E-state index is 12.3. The first-order valence-corrected chi connectivity index (χ1v) is 6.58. The van der Waals surface area contributed by atoms with E-state index in [1.807, 2.05) is 0 Å². The van der Waals surface area contributed by atoms with Gasteiger partial charge in [0.25, 0.3) is 0 Å². The second-order valence-corrected chi connectivity index (χ2v) is 4.98. The van der Waals surface area contributed by atoms with E-state index in [1.165, 1.54) is 7.11 Å². The number of anilines is 1. The summed E-state index contributed by atoms with van der Waals surface area (Å²) in [5.41, 5.74) is 0.414. The van der Waals surface area contributed by atoms with Crippen molar-refractivity contribution in [3.63, 3.8) is 0 Å². The average molecular weight is 316 g/mol. The summed E-state index contributed by atoms with van der Waals surface area (Å²) >= 11 is 0. The molecule has 2 rings (SSSR count). The van der Waals surface area contributed by atoms with Crippen molar-refractivity contribution in [1.29, 1.82) is 0 Å². The monoisotopic (exact) mass is 316 g/mol. The lowest BCUT2D eigenvalue weighted by Gasteiger charge is -2.18. The van der Waals surface area contributed by atoms with Gasteiger partial charge in [0, 0.05) is 13.0 Å². The summed E-state index contributed by atoms with van der Waals surface area (Å²) in [6.45, 7) is -1.57. The molecule has 8 heteroatoms. The van der Waals surface area contributed by atoms with E-state index in [4.69, 9.17) is 4.74 Å². The normalized spacial score (nSPS) is 18.5. The van der Waals surface area contributed by atoms with Crippen LogP contribution in [0.25, 0.3) is 0 Å².